The molecule has 2 aromatic rings. The molecule has 0 radical (unpaired) electrons. The highest BCUT2D eigenvalue weighted by Gasteiger charge is 2.09. The third-order valence-electron chi connectivity index (χ3n) is 2.78. The van der Waals surface area contributed by atoms with E-state index in [9.17, 15) is 0 Å². The van der Waals surface area contributed by atoms with Gasteiger partial charge in [0.15, 0.2) is 0 Å². The number of nitrogens with two attached hydrogens (primary N) is 1. The molecular formula is C13H17ClN4. The summed E-state index contributed by atoms with van der Waals surface area (Å²) in [5.74, 6) is 0. The highest BCUT2D eigenvalue weighted by Crippen LogP contribution is 2.20. The van der Waals surface area contributed by atoms with Crippen molar-refractivity contribution >= 4 is 17.3 Å². The van der Waals surface area contributed by atoms with Crippen LogP contribution in [0, 0.1) is 0 Å². The van der Waals surface area contributed by atoms with Crippen LogP contribution < -0.4 is 11.1 Å². The van der Waals surface area contributed by atoms with E-state index < -0.39 is 0 Å². The van der Waals surface area contributed by atoms with Gasteiger partial charge in [-0.1, -0.05) is 23.7 Å². The highest BCUT2D eigenvalue weighted by molar-refractivity contribution is 6.30. The number of aromatic nitrogens is 2. The van der Waals surface area contributed by atoms with Crippen LogP contribution in [0.2, 0.25) is 5.02 Å². The second-order valence-electron chi connectivity index (χ2n) is 4.15. The first-order valence-corrected chi connectivity index (χ1v) is 6.27. The molecule has 0 atom stereocenters. The first kappa shape index (κ1) is 12.9. The largest absolute Gasteiger partial charge is 0.381 e. The first-order chi connectivity index (χ1) is 8.70. The van der Waals surface area contributed by atoms with Crippen LogP contribution in [0.25, 0.3) is 0 Å². The lowest BCUT2D eigenvalue weighted by atomic mass is 10.1. The van der Waals surface area contributed by atoms with Gasteiger partial charge >= 0.3 is 0 Å². The van der Waals surface area contributed by atoms with Crippen LogP contribution in [0.5, 0.6) is 0 Å². The number of anilines is 1. The van der Waals surface area contributed by atoms with Crippen molar-refractivity contribution in [3.05, 3.63) is 46.7 Å². The van der Waals surface area contributed by atoms with Gasteiger partial charge in [-0.25, -0.2) is 0 Å². The monoisotopic (exact) mass is 264 g/mol. The average Bonchev–Trinajstić information content (AvgIpc) is 2.69. The van der Waals surface area contributed by atoms with Gasteiger partial charge in [0, 0.05) is 31.6 Å². The van der Waals surface area contributed by atoms with Crippen molar-refractivity contribution in [2.45, 2.75) is 6.42 Å². The lowest BCUT2D eigenvalue weighted by Gasteiger charge is -2.08. The molecule has 2 rings (SSSR count). The third kappa shape index (κ3) is 3.03. The molecule has 18 heavy (non-hydrogen) atoms. The number of halogens is 1. The van der Waals surface area contributed by atoms with Crippen molar-refractivity contribution in [2.75, 3.05) is 18.4 Å². The summed E-state index contributed by atoms with van der Waals surface area (Å²) >= 11 is 5.99. The maximum Gasteiger partial charge on any atom is 0.0762 e. The second-order valence-corrected chi connectivity index (χ2v) is 4.59. The molecule has 1 heterocycles. The number of hydrogen-bond acceptors (Lipinski definition) is 3. The Balaban J connectivity index is 2.20. The zero-order valence-corrected chi connectivity index (χ0v) is 11.1. The van der Waals surface area contributed by atoms with Crippen molar-refractivity contribution in [2.24, 2.45) is 12.8 Å². The fourth-order valence-corrected chi connectivity index (χ4v) is 2.08. The van der Waals surface area contributed by atoms with Crippen LogP contribution in [0.1, 0.15) is 11.3 Å². The van der Waals surface area contributed by atoms with Gasteiger partial charge in [-0.2, -0.15) is 5.10 Å². The van der Waals surface area contributed by atoms with Gasteiger partial charge in [-0.15, -0.1) is 0 Å². The van der Waals surface area contributed by atoms with Crippen LogP contribution >= 0.6 is 11.6 Å². The molecule has 0 bridgehead atoms. The minimum Gasteiger partial charge on any atom is -0.381 e. The molecule has 0 aliphatic carbocycles. The lowest BCUT2D eigenvalue weighted by molar-refractivity contribution is 0.724. The van der Waals surface area contributed by atoms with Crippen molar-refractivity contribution in [1.82, 2.24) is 9.78 Å². The van der Waals surface area contributed by atoms with E-state index in [1.165, 1.54) is 5.56 Å². The zero-order valence-electron chi connectivity index (χ0n) is 10.4. The SMILES string of the molecule is Cn1ncc(NCCN)c1Cc1cccc(Cl)c1. The van der Waals surface area contributed by atoms with Gasteiger partial charge < -0.3 is 11.1 Å². The van der Waals surface area contributed by atoms with Crippen molar-refractivity contribution < 1.29 is 0 Å². The normalized spacial score (nSPS) is 10.6. The van der Waals surface area contributed by atoms with Crippen molar-refractivity contribution in [1.29, 1.82) is 0 Å². The van der Waals surface area contributed by atoms with E-state index >= 15 is 0 Å². The molecule has 4 nitrogen and oxygen atoms in total. The first-order valence-electron chi connectivity index (χ1n) is 5.90. The maximum absolute atomic E-state index is 5.99. The number of nitrogens with one attached hydrogen (secondary N) is 1. The molecular weight excluding hydrogens is 248 g/mol. The van der Waals surface area contributed by atoms with E-state index in [-0.39, 0.29) is 0 Å². The fraction of sp³-hybridized carbons (Fsp3) is 0.308. The molecule has 0 saturated heterocycles. The topological polar surface area (TPSA) is 55.9 Å². The van der Waals surface area contributed by atoms with Crippen LogP contribution in [-0.4, -0.2) is 22.9 Å². The Bertz CT molecular complexity index is 521. The van der Waals surface area contributed by atoms with E-state index in [2.05, 4.69) is 16.5 Å². The van der Waals surface area contributed by atoms with E-state index in [1.54, 1.807) is 0 Å². The maximum atomic E-state index is 5.99. The van der Waals surface area contributed by atoms with Crippen molar-refractivity contribution in [3.63, 3.8) is 0 Å². The minimum absolute atomic E-state index is 0.603. The molecule has 1 aromatic heterocycles. The predicted octanol–water partition coefficient (Wildman–Crippen LogP) is 2.03. The molecule has 3 N–H and O–H groups in total. The molecule has 1 aromatic carbocycles. The number of rotatable bonds is 5. The van der Waals surface area contributed by atoms with Crippen molar-refractivity contribution in [3.8, 4) is 0 Å². The van der Waals surface area contributed by atoms with Gasteiger partial charge in [0.25, 0.3) is 0 Å². The molecule has 0 unspecified atom stereocenters. The fourth-order valence-electron chi connectivity index (χ4n) is 1.87. The van der Waals surface area contributed by atoms with E-state index in [0.717, 1.165) is 29.4 Å². The molecule has 0 saturated carbocycles. The molecule has 0 aliphatic rings. The molecule has 0 amide bonds. The quantitative estimate of drug-likeness (QED) is 0.869. The summed E-state index contributed by atoms with van der Waals surface area (Å²) in [6, 6.07) is 7.87. The molecule has 5 heteroatoms. The Morgan fingerprint density at radius 2 is 2.28 bits per heavy atom. The van der Waals surface area contributed by atoms with Gasteiger partial charge in [-0.3, -0.25) is 4.68 Å². The number of benzene rings is 1. The Labute approximate surface area is 112 Å². The van der Waals surface area contributed by atoms with Gasteiger partial charge in [0.2, 0.25) is 0 Å². The third-order valence-corrected chi connectivity index (χ3v) is 3.02. The summed E-state index contributed by atoms with van der Waals surface area (Å²) in [6.45, 7) is 1.35. The van der Waals surface area contributed by atoms with E-state index in [4.69, 9.17) is 17.3 Å². The summed E-state index contributed by atoms with van der Waals surface area (Å²) in [6.07, 6.45) is 2.62. The Morgan fingerprint density at radius 3 is 3.00 bits per heavy atom. The molecule has 96 valence electrons. The molecule has 0 spiro atoms. The predicted molar refractivity (Wildman–Crippen MR) is 75.0 cm³/mol. The summed E-state index contributed by atoms with van der Waals surface area (Å²) in [4.78, 5) is 0. The summed E-state index contributed by atoms with van der Waals surface area (Å²) in [7, 11) is 1.94. The van der Waals surface area contributed by atoms with Crippen LogP contribution in [0.3, 0.4) is 0 Å². The number of aryl methyl sites for hydroxylation is 1. The number of hydrogen-bond donors (Lipinski definition) is 2. The van der Waals surface area contributed by atoms with Crippen LogP contribution in [-0.2, 0) is 13.5 Å². The van der Waals surface area contributed by atoms with Gasteiger partial charge in [0.05, 0.1) is 17.6 Å². The Kier molecular flexibility index (Phi) is 4.23. The Morgan fingerprint density at radius 1 is 1.44 bits per heavy atom. The summed E-state index contributed by atoms with van der Waals surface area (Å²) in [5, 5.41) is 8.30. The number of nitrogens with zero attached hydrogens (tertiary/aromatic N) is 2. The summed E-state index contributed by atoms with van der Waals surface area (Å²) < 4.78 is 1.87. The zero-order chi connectivity index (χ0) is 13.0. The van der Waals surface area contributed by atoms with Crippen LogP contribution in [0.15, 0.2) is 30.5 Å². The molecule has 0 aliphatic heterocycles. The highest BCUT2D eigenvalue weighted by atomic mass is 35.5. The van der Waals surface area contributed by atoms with Gasteiger partial charge in [0.1, 0.15) is 0 Å². The van der Waals surface area contributed by atoms with Crippen LogP contribution in [0.4, 0.5) is 5.69 Å². The second kappa shape index (κ2) is 5.89. The smallest absolute Gasteiger partial charge is 0.0762 e. The standard InChI is InChI=1S/C13H17ClN4/c1-18-13(12(9-17-18)16-6-5-15)8-10-3-2-4-11(14)7-10/h2-4,7,9,16H,5-6,8,15H2,1H3. The van der Waals surface area contributed by atoms with E-state index in [1.807, 2.05) is 36.1 Å². The van der Waals surface area contributed by atoms with E-state index in [0.29, 0.717) is 6.54 Å². The minimum atomic E-state index is 0.603. The van der Waals surface area contributed by atoms with Gasteiger partial charge in [-0.05, 0) is 17.7 Å². The summed E-state index contributed by atoms with van der Waals surface area (Å²) in [5.41, 5.74) is 8.83. The average molecular weight is 265 g/mol. The molecule has 0 fully saturated rings. The Hall–Kier alpha value is -1.52. The lowest BCUT2D eigenvalue weighted by Crippen LogP contribution is -2.14.